The summed E-state index contributed by atoms with van der Waals surface area (Å²) < 4.78 is 24.6. The van der Waals surface area contributed by atoms with Crippen molar-refractivity contribution in [2.45, 2.75) is 0 Å². The monoisotopic (exact) mass is 226 g/mol. The van der Waals surface area contributed by atoms with Crippen molar-refractivity contribution >= 4 is 21.8 Å². The second-order valence-corrected chi connectivity index (χ2v) is 4.85. The molecule has 0 radical (unpaired) electrons. The summed E-state index contributed by atoms with van der Waals surface area (Å²) in [7, 11) is -3.24. The second-order valence-electron chi connectivity index (χ2n) is 3.10. The Kier molecular flexibility index (Phi) is 3.88. The number of anilines is 1. The molecule has 3 N–H and O–H groups in total. The molecule has 0 aliphatic carbocycles. The Morgan fingerprint density at radius 3 is 2.67 bits per heavy atom. The van der Waals surface area contributed by atoms with Gasteiger partial charge in [-0.2, -0.15) is 0 Å². The fraction of sp³-hybridized carbons (Fsp3) is 0.200. The van der Waals surface area contributed by atoms with E-state index in [9.17, 15) is 8.42 Å². The highest BCUT2D eigenvalue weighted by molar-refractivity contribution is 7.92. The maximum atomic E-state index is 11.1. The minimum absolute atomic E-state index is 0.424. The summed E-state index contributed by atoms with van der Waals surface area (Å²) in [5.41, 5.74) is 6.69. The fourth-order valence-corrected chi connectivity index (χ4v) is 1.72. The largest absolute Gasteiger partial charge is 0.327 e. The summed E-state index contributed by atoms with van der Waals surface area (Å²) in [5.74, 6) is 0. The molecule has 0 heterocycles. The lowest BCUT2D eigenvalue weighted by Crippen LogP contribution is -2.10. The highest BCUT2D eigenvalue weighted by Gasteiger charge is 2.03. The van der Waals surface area contributed by atoms with Gasteiger partial charge in [-0.25, -0.2) is 8.42 Å². The molecule has 0 aliphatic rings. The first kappa shape index (κ1) is 11.7. The van der Waals surface area contributed by atoms with E-state index in [1.54, 1.807) is 24.3 Å². The molecule has 82 valence electrons. The Balaban J connectivity index is 3.01. The van der Waals surface area contributed by atoms with Crippen molar-refractivity contribution in [2.75, 3.05) is 17.5 Å². The van der Waals surface area contributed by atoms with Crippen LogP contribution in [0.25, 0.3) is 6.08 Å². The minimum Gasteiger partial charge on any atom is -0.327 e. The maximum Gasteiger partial charge on any atom is 0.229 e. The van der Waals surface area contributed by atoms with Crippen molar-refractivity contribution in [1.29, 1.82) is 0 Å². The van der Waals surface area contributed by atoms with Crippen LogP contribution in [0.1, 0.15) is 5.56 Å². The predicted molar refractivity (Wildman–Crippen MR) is 63.0 cm³/mol. The van der Waals surface area contributed by atoms with Gasteiger partial charge in [0, 0.05) is 6.54 Å². The Bertz CT molecular complexity index is 452. The standard InChI is InChI=1S/C10H14N2O2S/c1-15(13,14)12-10-7-3-2-5-9(10)6-4-8-11/h2-7,12H,8,11H2,1H3/b6-4+. The van der Waals surface area contributed by atoms with E-state index in [2.05, 4.69) is 4.72 Å². The maximum absolute atomic E-state index is 11.1. The average molecular weight is 226 g/mol. The normalized spacial score (nSPS) is 11.9. The molecular formula is C10H14N2O2S. The van der Waals surface area contributed by atoms with Crippen LogP contribution in [0.2, 0.25) is 0 Å². The van der Waals surface area contributed by atoms with E-state index < -0.39 is 10.0 Å². The van der Waals surface area contributed by atoms with Gasteiger partial charge in [-0.1, -0.05) is 30.4 Å². The van der Waals surface area contributed by atoms with Crippen LogP contribution in [0.15, 0.2) is 30.3 Å². The number of nitrogens with one attached hydrogen (secondary N) is 1. The van der Waals surface area contributed by atoms with Crippen molar-refractivity contribution in [3.05, 3.63) is 35.9 Å². The lowest BCUT2D eigenvalue weighted by molar-refractivity contribution is 0.607. The summed E-state index contributed by atoms with van der Waals surface area (Å²) in [5, 5.41) is 0. The number of hydrogen-bond acceptors (Lipinski definition) is 3. The van der Waals surface area contributed by atoms with Crippen LogP contribution in [0.5, 0.6) is 0 Å². The van der Waals surface area contributed by atoms with E-state index in [4.69, 9.17) is 5.73 Å². The van der Waals surface area contributed by atoms with Gasteiger partial charge in [-0.3, -0.25) is 4.72 Å². The molecule has 0 aromatic heterocycles. The summed E-state index contributed by atoms with van der Waals surface area (Å²) in [6.07, 6.45) is 4.67. The van der Waals surface area contributed by atoms with Crippen LogP contribution in [-0.2, 0) is 10.0 Å². The third-order valence-electron chi connectivity index (χ3n) is 1.69. The number of benzene rings is 1. The first-order chi connectivity index (χ1) is 7.03. The summed E-state index contributed by atoms with van der Waals surface area (Å²) >= 11 is 0. The highest BCUT2D eigenvalue weighted by atomic mass is 32.2. The lowest BCUT2D eigenvalue weighted by Gasteiger charge is -2.06. The number of sulfonamides is 1. The van der Waals surface area contributed by atoms with Gasteiger partial charge in [0.1, 0.15) is 0 Å². The van der Waals surface area contributed by atoms with Crippen LogP contribution in [0.3, 0.4) is 0 Å². The molecule has 4 nitrogen and oxygen atoms in total. The Morgan fingerprint density at radius 2 is 2.07 bits per heavy atom. The average Bonchev–Trinajstić information content (AvgIpc) is 2.14. The highest BCUT2D eigenvalue weighted by Crippen LogP contribution is 2.17. The van der Waals surface area contributed by atoms with E-state index in [0.29, 0.717) is 12.2 Å². The lowest BCUT2D eigenvalue weighted by atomic mass is 10.2. The molecule has 1 rings (SSSR count). The summed E-state index contributed by atoms with van der Waals surface area (Å²) in [6, 6.07) is 7.13. The van der Waals surface area contributed by atoms with Gasteiger partial charge in [0.15, 0.2) is 0 Å². The van der Waals surface area contributed by atoms with Crippen molar-refractivity contribution in [1.82, 2.24) is 0 Å². The zero-order valence-corrected chi connectivity index (χ0v) is 9.29. The zero-order chi connectivity index (χ0) is 11.3. The molecule has 1 aromatic rings. The van der Waals surface area contributed by atoms with E-state index in [1.807, 2.05) is 12.1 Å². The van der Waals surface area contributed by atoms with E-state index in [1.165, 1.54) is 0 Å². The molecule has 0 saturated heterocycles. The van der Waals surface area contributed by atoms with Gasteiger partial charge in [0.2, 0.25) is 10.0 Å². The van der Waals surface area contributed by atoms with Crippen LogP contribution >= 0.6 is 0 Å². The molecule has 0 atom stereocenters. The van der Waals surface area contributed by atoms with E-state index in [-0.39, 0.29) is 0 Å². The van der Waals surface area contributed by atoms with Crippen LogP contribution in [0.4, 0.5) is 5.69 Å². The number of nitrogens with two attached hydrogens (primary N) is 1. The van der Waals surface area contributed by atoms with Crippen molar-refractivity contribution < 1.29 is 8.42 Å². The molecule has 1 aromatic carbocycles. The molecule has 0 amide bonds. The fourth-order valence-electron chi connectivity index (χ4n) is 1.13. The number of hydrogen-bond donors (Lipinski definition) is 2. The molecule has 0 saturated carbocycles. The number of para-hydroxylation sites is 1. The van der Waals surface area contributed by atoms with Gasteiger partial charge < -0.3 is 5.73 Å². The SMILES string of the molecule is CS(=O)(=O)Nc1ccccc1/C=C/CN. The third-order valence-corrected chi connectivity index (χ3v) is 2.28. The molecule has 0 aliphatic heterocycles. The Morgan fingerprint density at radius 1 is 1.40 bits per heavy atom. The van der Waals surface area contributed by atoms with Crippen LogP contribution in [-0.4, -0.2) is 21.2 Å². The third kappa shape index (κ3) is 4.14. The van der Waals surface area contributed by atoms with Crippen molar-refractivity contribution in [3.63, 3.8) is 0 Å². The van der Waals surface area contributed by atoms with Crippen LogP contribution in [0, 0.1) is 0 Å². The topological polar surface area (TPSA) is 72.2 Å². The summed E-state index contributed by atoms with van der Waals surface area (Å²) in [4.78, 5) is 0. The Labute approximate surface area is 89.9 Å². The van der Waals surface area contributed by atoms with E-state index in [0.717, 1.165) is 11.8 Å². The predicted octanol–water partition coefficient (Wildman–Crippen LogP) is 1.03. The first-order valence-corrected chi connectivity index (χ1v) is 6.35. The van der Waals surface area contributed by atoms with Gasteiger partial charge in [0.05, 0.1) is 11.9 Å². The Hall–Kier alpha value is -1.33. The quantitative estimate of drug-likeness (QED) is 0.805. The zero-order valence-electron chi connectivity index (χ0n) is 8.47. The van der Waals surface area contributed by atoms with Crippen molar-refractivity contribution in [2.24, 2.45) is 5.73 Å². The summed E-state index contributed by atoms with van der Waals surface area (Å²) in [6.45, 7) is 0.424. The molecular weight excluding hydrogens is 212 g/mol. The van der Waals surface area contributed by atoms with Gasteiger partial charge in [-0.05, 0) is 11.6 Å². The second kappa shape index (κ2) is 4.95. The number of rotatable bonds is 4. The molecule has 0 bridgehead atoms. The van der Waals surface area contributed by atoms with Crippen LogP contribution < -0.4 is 10.5 Å². The van der Waals surface area contributed by atoms with Gasteiger partial charge in [-0.15, -0.1) is 0 Å². The minimum atomic E-state index is -3.24. The molecule has 15 heavy (non-hydrogen) atoms. The van der Waals surface area contributed by atoms with Crippen molar-refractivity contribution in [3.8, 4) is 0 Å². The van der Waals surface area contributed by atoms with E-state index >= 15 is 0 Å². The van der Waals surface area contributed by atoms with Gasteiger partial charge in [0.25, 0.3) is 0 Å². The molecule has 0 unspecified atom stereocenters. The smallest absolute Gasteiger partial charge is 0.229 e. The molecule has 0 fully saturated rings. The van der Waals surface area contributed by atoms with Gasteiger partial charge >= 0.3 is 0 Å². The molecule has 0 spiro atoms. The molecule has 5 heteroatoms. The first-order valence-electron chi connectivity index (χ1n) is 4.46.